The molecule has 0 radical (unpaired) electrons. The van der Waals surface area contributed by atoms with E-state index in [9.17, 15) is 0 Å². The zero-order valence-electron chi connectivity index (χ0n) is 8.55. The summed E-state index contributed by atoms with van der Waals surface area (Å²) in [4.78, 5) is 0. The first-order chi connectivity index (χ1) is 6.31. The van der Waals surface area contributed by atoms with E-state index in [1.54, 1.807) is 0 Å². The second-order valence-corrected chi connectivity index (χ2v) is 7.83. The van der Waals surface area contributed by atoms with E-state index in [1.807, 2.05) is 0 Å². The van der Waals surface area contributed by atoms with Gasteiger partial charge in [-0.1, -0.05) is 19.3 Å². The van der Waals surface area contributed by atoms with E-state index in [0.717, 1.165) is 25.2 Å². The van der Waals surface area contributed by atoms with Gasteiger partial charge >= 0.3 is 8.56 Å². The number of hydrogen-bond donors (Lipinski definition) is 0. The van der Waals surface area contributed by atoms with Gasteiger partial charge in [0.05, 0.1) is 0 Å². The summed E-state index contributed by atoms with van der Waals surface area (Å²) >= 11 is 0. The fourth-order valence-electron chi connectivity index (χ4n) is 2.51. The third-order valence-electron chi connectivity index (χ3n) is 3.41. The van der Waals surface area contributed by atoms with Gasteiger partial charge in [-0.05, 0) is 25.8 Å². The van der Waals surface area contributed by atoms with Crippen LogP contribution in [0.3, 0.4) is 0 Å². The molecule has 0 N–H and O–H groups in total. The molecule has 2 rings (SSSR count). The van der Waals surface area contributed by atoms with Gasteiger partial charge in [-0.2, -0.15) is 0 Å². The molecule has 0 bridgehead atoms. The molecule has 1 saturated carbocycles. The first-order valence-corrected chi connectivity index (χ1v) is 7.98. The van der Waals surface area contributed by atoms with Crippen LogP contribution in [0.15, 0.2) is 0 Å². The third-order valence-corrected chi connectivity index (χ3v) is 7.03. The average Bonchev–Trinajstić information content (AvgIpc) is 2.20. The van der Waals surface area contributed by atoms with Crippen LogP contribution in [0.1, 0.15) is 38.5 Å². The Morgan fingerprint density at radius 2 is 1.54 bits per heavy atom. The number of rotatable bonds is 1. The smallest absolute Gasteiger partial charge is 0.338 e. The standard InChI is InChI=1S/C10H20O2Si/c1-13(11-8-5-9-12-13)10-6-3-2-4-7-10/h10H,2-9H2,1H3. The highest BCUT2D eigenvalue weighted by molar-refractivity contribution is 6.67. The van der Waals surface area contributed by atoms with Gasteiger partial charge in [-0.3, -0.25) is 0 Å². The molecule has 2 nitrogen and oxygen atoms in total. The summed E-state index contributed by atoms with van der Waals surface area (Å²) in [5, 5.41) is 0. The van der Waals surface area contributed by atoms with E-state index in [4.69, 9.17) is 8.85 Å². The second-order valence-electron chi connectivity index (χ2n) is 4.40. The number of hydrogen-bond acceptors (Lipinski definition) is 2. The van der Waals surface area contributed by atoms with Crippen LogP contribution in [0.5, 0.6) is 0 Å². The third kappa shape index (κ3) is 2.14. The van der Waals surface area contributed by atoms with Gasteiger partial charge in [-0.15, -0.1) is 0 Å². The molecule has 0 aromatic heterocycles. The lowest BCUT2D eigenvalue weighted by Gasteiger charge is -2.39. The molecule has 0 spiro atoms. The van der Waals surface area contributed by atoms with Crippen molar-refractivity contribution in [3.05, 3.63) is 0 Å². The maximum atomic E-state index is 5.92. The predicted molar refractivity (Wildman–Crippen MR) is 55.0 cm³/mol. The lowest BCUT2D eigenvalue weighted by molar-refractivity contribution is 0.101. The highest BCUT2D eigenvalue weighted by Gasteiger charge is 2.42. The van der Waals surface area contributed by atoms with Crippen molar-refractivity contribution in [3.63, 3.8) is 0 Å². The SMILES string of the molecule is C[Si]1(C2CCCCC2)OCCCO1. The normalized spacial score (nSPS) is 30.2. The summed E-state index contributed by atoms with van der Waals surface area (Å²) < 4.78 is 11.8. The van der Waals surface area contributed by atoms with Crippen LogP contribution in [-0.4, -0.2) is 21.8 Å². The van der Waals surface area contributed by atoms with E-state index >= 15 is 0 Å². The molecule has 2 fully saturated rings. The van der Waals surface area contributed by atoms with Crippen LogP contribution >= 0.6 is 0 Å². The molecule has 2 aliphatic rings. The van der Waals surface area contributed by atoms with Gasteiger partial charge in [0.2, 0.25) is 0 Å². The van der Waals surface area contributed by atoms with E-state index in [-0.39, 0.29) is 0 Å². The first-order valence-electron chi connectivity index (χ1n) is 5.59. The summed E-state index contributed by atoms with van der Waals surface area (Å²) in [6.07, 6.45) is 7.99. The molecule has 1 aliphatic heterocycles. The van der Waals surface area contributed by atoms with Gasteiger partial charge in [0.15, 0.2) is 0 Å². The molecule has 0 aromatic rings. The van der Waals surface area contributed by atoms with Crippen molar-refractivity contribution in [1.82, 2.24) is 0 Å². The van der Waals surface area contributed by atoms with Crippen molar-refractivity contribution in [1.29, 1.82) is 0 Å². The Morgan fingerprint density at radius 3 is 2.15 bits per heavy atom. The summed E-state index contributed by atoms with van der Waals surface area (Å²) in [7, 11) is -1.74. The van der Waals surface area contributed by atoms with E-state index < -0.39 is 8.56 Å². The Bertz CT molecular complexity index is 160. The monoisotopic (exact) mass is 200 g/mol. The lowest BCUT2D eigenvalue weighted by atomic mass is 10.0. The summed E-state index contributed by atoms with van der Waals surface area (Å²) in [6, 6.07) is 0. The largest absolute Gasteiger partial charge is 0.394 e. The van der Waals surface area contributed by atoms with Gasteiger partial charge in [0.25, 0.3) is 0 Å². The van der Waals surface area contributed by atoms with Gasteiger partial charge in [-0.25, -0.2) is 0 Å². The van der Waals surface area contributed by atoms with Crippen LogP contribution in [0.4, 0.5) is 0 Å². The highest BCUT2D eigenvalue weighted by atomic mass is 28.4. The van der Waals surface area contributed by atoms with Crippen LogP contribution in [-0.2, 0) is 8.85 Å². The minimum atomic E-state index is -1.74. The maximum absolute atomic E-state index is 5.92. The molecule has 0 unspecified atom stereocenters. The highest BCUT2D eigenvalue weighted by Crippen LogP contribution is 2.39. The topological polar surface area (TPSA) is 18.5 Å². The van der Waals surface area contributed by atoms with Gasteiger partial charge < -0.3 is 8.85 Å². The van der Waals surface area contributed by atoms with Crippen molar-refractivity contribution in [3.8, 4) is 0 Å². The van der Waals surface area contributed by atoms with Gasteiger partial charge in [0, 0.05) is 18.8 Å². The van der Waals surface area contributed by atoms with Crippen LogP contribution in [0.25, 0.3) is 0 Å². The molecular formula is C10H20O2Si. The van der Waals surface area contributed by atoms with Crippen LogP contribution in [0.2, 0.25) is 12.1 Å². The molecule has 13 heavy (non-hydrogen) atoms. The Hall–Kier alpha value is 0.137. The molecular weight excluding hydrogens is 180 g/mol. The van der Waals surface area contributed by atoms with Gasteiger partial charge in [0.1, 0.15) is 0 Å². The molecule has 1 saturated heterocycles. The van der Waals surface area contributed by atoms with Crippen molar-refractivity contribution in [2.45, 2.75) is 50.6 Å². The maximum Gasteiger partial charge on any atom is 0.338 e. The Labute approximate surface area is 81.9 Å². The average molecular weight is 200 g/mol. The van der Waals surface area contributed by atoms with Crippen molar-refractivity contribution in [2.75, 3.05) is 13.2 Å². The summed E-state index contributed by atoms with van der Waals surface area (Å²) in [5.41, 5.74) is 0.779. The minimum Gasteiger partial charge on any atom is -0.394 e. The summed E-state index contributed by atoms with van der Waals surface area (Å²) in [5.74, 6) is 0. The fraction of sp³-hybridized carbons (Fsp3) is 1.00. The molecule has 76 valence electrons. The van der Waals surface area contributed by atoms with Crippen LogP contribution < -0.4 is 0 Å². The zero-order chi connectivity index (χ0) is 9.15. The molecule has 0 aromatic carbocycles. The van der Waals surface area contributed by atoms with Crippen molar-refractivity contribution >= 4 is 8.56 Å². The zero-order valence-corrected chi connectivity index (χ0v) is 9.55. The molecule has 1 aliphatic carbocycles. The predicted octanol–water partition coefficient (Wildman–Crippen LogP) is 2.83. The second kappa shape index (κ2) is 4.11. The fourth-order valence-corrected chi connectivity index (χ4v) is 5.62. The first kappa shape index (κ1) is 9.68. The van der Waals surface area contributed by atoms with E-state index in [1.165, 1.54) is 32.1 Å². The molecule has 0 amide bonds. The Morgan fingerprint density at radius 1 is 0.923 bits per heavy atom. The summed E-state index contributed by atoms with van der Waals surface area (Å²) in [6.45, 7) is 4.15. The van der Waals surface area contributed by atoms with Crippen LogP contribution in [0, 0.1) is 0 Å². The van der Waals surface area contributed by atoms with Crippen molar-refractivity contribution < 1.29 is 8.85 Å². The molecule has 3 heteroatoms. The minimum absolute atomic E-state index is 0.779. The molecule has 0 atom stereocenters. The lowest BCUT2D eigenvalue weighted by Crippen LogP contribution is -2.47. The Kier molecular flexibility index (Phi) is 3.06. The van der Waals surface area contributed by atoms with E-state index in [2.05, 4.69) is 6.55 Å². The van der Waals surface area contributed by atoms with Crippen molar-refractivity contribution in [2.24, 2.45) is 0 Å². The van der Waals surface area contributed by atoms with E-state index in [0.29, 0.717) is 0 Å². The Balaban J connectivity index is 1.94. The molecule has 1 heterocycles. The quantitative estimate of drug-likeness (QED) is 0.606.